The van der Waals surface area contributed by atoms with Crippen LogP contribution in [0.3, 0.4) is 0 Å². The van der Waals surface area contributed by atoms with Gasteiger partial charge in [-0.25, -0.2) is 4.98 Å². The zero-order valence-electron chi connectivity index (χ0n) is 10.4. The summed E-state index contributed by atoms with van der Waals surface area (Å²) in [5.74, 6) is -0.525. The Kier molecular flexibility index (Phi) is 3.14. The average Bonchev–Trinajstić information content (AvgIpc) is 2.79. The fraction of sp³-hybridized carbons (Fsp3) is 0.417. The van der Waals surface area contributed by atoms with E-state index in [1.165, 1.54) is 0 Å². The first-order valence-electron chi connectivity index (χ1n) is 6.19. The van der Waals surface area contributed by atoms with E-state index in [1.807, 2.05) is 4.40 Å². The Hall–Kier alpha value is -1.99. The Morgan fingerprint density at radius 3 is 3.26 bits per heavy atom. The summed E-state index contributed by atoms with van der Waals surface area (Å²) in [4.78, 5) is 19.7. The van der Waals surface area contributed by atoms with Gasteiger partial charge in [0, 0.05) is 31.9 Å². The topological polar surface area (TPSA) is 94.5 Å². The zero-order valence-corrected chi connectivity index (χ0v) is 10.4. The van der Waals surface area contributed by atoms with Crippen molar-refractivity contribution >= 4 is 11.6 Å². The molecule has 3 rings (SSSR count). The zero-order chi connectivity index (χ0) is 13.2. The summed E-state index contributed by atoms with van der Waals surface area (Å²) in [5, 5.41) is 3.26. The number of carbonyl (C=O) groups excluding carboxylic acids is 1. The molecule has 100 valence electrons. The molecule has 0 aromatic carbocycles. The minimum absolute atomic E-state index is 0.0277. The molecule has 0 saturated carbocycles. The molecule has 2 aromatic rings. The first kappa shape index (κ1) is 12.1. The first-order chi connectivity index (χ1) is 9.25. The molecule has 1 fully saturated rings. The van der Waals surface area contributed by atoms with Crippen molar-refractivity contribution in [3.05, 3.63) is 30.0 Å². The fourth-order valence-corrected chi connectivity index (χ4v) is 2.32. The summed E-state index contributed by atoms with van der Waals surface area (Å²) in [6.45, 7) is 2.29. The number of carbonyl (C=O) groups is 1. The van der Waals surface area contributed by atoms with Crippen LogP contribution in [0.2, 0.25) is 0 Å². The molecule has 19 heavy (non-hydrogen) atoms. The van der Waals surface area contributed by atoms with Gasteiger partial charge in [-0.05, 0) is 0 Å². The van der Waals surface area contributed by atoms with Crippen LogP contribution in [0.25, 0.3) is 5.65 Å². The number of nitrogens with two attached hydrogens (primary N) is 1. The van der Waals surface area contributed by atoms with Crippen molar-refractivity contribution < 1.29 is 9.53 Å². The Labute approximate surface area is 109 Å². The number of imidazole rings is 1. The first-order valence-corrected chi connectivity index (χ1v) is 6.19. The highest BCUT2D eigenvalue weighted by Gasteiger charge is 2.22. The number of amides is 1. The number of morpholine rings is 1. The van der Waals surface area contributed by atoms with Crippen LogP contribution in [0.4, 0.5) is 0 Å². The minimum Gasteiger partial charge on any atom is -0.375 e. The second-order valence-corrected chi connectivity index (χ2v) is 4.48. The number of primary amides is 1. The Balaban J connectivity index is 1.99. The van der Waals surface area contributed by atoms with E-state index in [-0.39, 0.29) is 6.10 Å². The number of rotatable bonds is 3. The SMILES string of the molecule is NC(=O)c1nc2cnccn2c1CC1CNCCO1. The lowest BCUT2D eigenvalue weighted by Gasteiger charge is -2.23. The minimum atomic E-state index is -0.525. The molecule has 1 aliphatic heterocycles. The highest BCUT2D eigenvalue weighted by molar-refractivity contribution is 5.93. The van der Waals surface area contributed by atoms with Gasteiger partial charge in [-0.1, -0.05) is 0 Å². The molecule has 0 radical (unpaired) electrons. The van der Waals surface area contributed by atoms with Crippen molar-refractivity contribution in [2.75, 3.05) is 19.7 Å². The largest absolute Gasteiger partial charge is 0.375 e. The van der Waals surface area contributed by atoms with Crippen molar-refractivity contribution in [3.8, 4) is 0 Å². The Bertz CT molecular complexity index is 603. The lowest BCUT2D eigenvalue weighted by molar-refractivity contribution is 0.0284. The number of hydrogen-bond donors (Lipinski definition) is 2. The van der Waals surface area contributed by atoms with Gasteiger partial charge in [-0.3, -0.25) is 9.78 Å². The molecule has 1 aliphatic rings. The van der Waals surface area contributed by atoms with Crippen LogP contribution in [0.1, 0.15) is 16.2 Å². The van der Waals surface area contributed by atoms with Crippen LogP contribution < -0.4 is 11.1 Å². The molecule has 0 aliphatic carbocycles. The van der Waals surface area contributed by atoms with Crippen molar-refractivity contribution in [1.82, 2.24) is 19.7 Å². The van der Waals surface area contributed by atoms with Gasteiger partial charge in [0.05, 0.1) is 24.6 Å². The van der Waals surface area contributed by atoms with E-state index in [9.17, 15) is 4.79 Å². The number of aromatic nitrogens is 3. The van der Waals surface area contributed by atoms with Crippen LogP contribution in [-0.2, 0) is 11.2 Å². The van der Waals surface area contributed by atoms with Crippen LogP contribution in [0, 0.1) is 0 Å². The van der Waals surface area contributed by atoms with Gasteiger partial charge < -0.3 is 20.2 Å². The smallest absolute Gasteiger partial charge is 0.269 e. The van der Waals surface area contributed by atoms with Crippen LogP contribution >= 0.6 is 0 Å². The second-order valence-electron chi connectivity index (χ2n) is 4.48. The van der Waals surface area contributed by atoms with Gasteiger partial charge in [-0.2, -0.15) is 0 Å². The molecule has 1 atom stereocenters. The van der Waals surface area contributed by atoms with Gasteiger partial charge in [-0.15, -0.1) is 0 Å². The summed E-state index contributed by atoms with van der Waals surface area (Å²) >= 11 is 0. The Morgan fingerprint density at radius 1 is 1.63 bits per heavy atom. The van der Waals surface area contributed by atoms with Crippen molar-refractivity contribution in [3.63, 3.8) is 0 Å². The van der Waals surface area contributed by atoms with Crippen LogP contribution in [-0.4, -0.2) is 46.1 Å². The molecule has 2 aromatic heterocycles. The summed E-state index contributed by atoms with van der Waals surface area (Å²) in [5.41, 5.74) is 7.08. The molecule has 1 unspecified atom stereocenters. The van der Waals surface area contributed by atoms with E-state index in [4.69, 9.17) is 10.5 Å². The van der Waals surface area contributed by atoms with Crippen LogP contribution in [0.15, 0.2) is 18.6 Å². The third-order valence-corrected chi connectivity index (χ3v) is 3.19. The molecular formula is C12H15N5O2. The fourth-order valence-electron chi connectivity index (χ4n) is 2.32. The van der Waals surface area contributed by atoms with Gasteiger partial charge >= 0.3 is 0 Å². The molecule has 7 nitrogen and oxygen atoms in total. The van der Waals surface area contributed by atoms with E-state index in [1.54, 1.807) is 18.6 Å². The van der Waals surface area contributed by atoms with E-state index < -0.39 is 5.91 Å². The Morgan fingerprint density at radius 2 is 2.53 bits per heavy atom. The molecule has 3 N–H and O–H groups in total. The summed E-state index contributed by atoms with van der Waals surface area (Å²) in [6.07, 6.45) is 5.66. The van der Waals surface area contributed by atoms with Gasteiger partial charge in [0.15, 0.2) is 5.65 Å². The average molecular weight is 261 g/mol. The molecule has 1 saturated heterocycles. The lowest BCUT2D eigenvalue weighted by atomic mass is 10.1. The molecular weight excluding hydrogens is 246 g/mol. The van der Waals surface area contributed by atoms with E-state index >= 15 is 0 Å². The maximum absolute atomic E-state index is 11.5. The molecule has 1 amide bonds. The second kappa shape index (κ2) is 4.94. The predicted molar refractivity (Wildman–Crippen MR) is 67.8 cm³/mol. The van der Waals surface area contributed by atoms with E-state index in [0.717, 1.165) is 18.8 Å². The monoisotopic (exact) mass is 261 g/mol. The van der Waals surface area contributed by atoms with Crippen molar-refractivity contribution in [1.29, 1.82) is 0 Å². The summed E-state index contributed by atoms with van der Waals surface area (Å²) in [7, 11) is 0. The number of hydrogen-bond acceptors (Lipinski definition) is 5. The van der Waals surface area contributed by atoms with Gasteiger partial charge in [0.1, 0.15) is 5.69 Å². The van der Waals surface area contributed by atoms with Gasteiger partial charge in [0.25, 0.3) is 5.91 Å². The standard InChI is InChI=1S/C12H15N5O2/c13-12(18)11-9(5-8-6-15-2-4-19-8)17-3-1-14-7-10(17)16-11/h1,3,7-8,15H,2,4-6H2,(H2,13,18). The van der Waals surface area contributed by atoms with E-state index in [0.29, 0.717) is 24.4 Å². The predicted octanol–water partition coefficient (Wildman–Crippen LogP) is -0.641. The summed E-state index contributed by atoms with van der Waals surface area (Å²) in [6, 6.07) is 0. The third-order valence-electron chi connectivity index (χ3n) is 3.19. The molecule has 3 heterocycles. The number of nitrogens with one attached hydrogen (secondary N) is 1. The number of fused-ring (bicyclic) bond motifs is 1. The maximum Gasteiger partial charge on any atom is 0.269 e. The molecule has 7 heteroatoms. The molecule has 0 bridgehead atoms. The lowest BCUT2D eigenvalue weighted by Crippen LogP contribution is -2.40. The number of nitrogens with zero attached hydrogens (tertiary/aromatic N) is 3. The highest BCUT2D eigenvalue weighted by Crippen LogP contribution is 2.15. The van der Waals surface area contributed by atoms with Crippen LogP contribution in [0.5, 0.6) is 0 Å². The molecule has 0 spiro atoms. The quantitative estimate of drug-likeness (QED) is 0.766. The van der Waals surface area contributed by atoms with Gasteiger partial charge in [0.2, 0.25) is 0 Å². The summed E-state index contributed by atoms with van der Waals surface area (Å²) < 4.78 is 7.50. The normalized spacial score (nSPS) is 19.7. The highest BCUT2D eigenvalue weighted by atomic mass is 16.5. The third kappa shape index (κ3) is 2.29. The number of ether oxygens (including phenoxy) is 1. The van der Waals surface area contributed by atoms with Crippen molar-refractivity contribution in [2.24, 2.45) is 5.73 Å². The van der Waals surface area contributed by atoms with Crippen molar-refractivity contribution in [2.45, 2.75) is 12.5 Å². The maximum atomic E-state index is 11.5. The van der Waals surface area contributed by atoms with E-state index in [2.05, 4.69) is 15.3 Å².